The van der Waals surface area contributed by atoms with E-state index in [4.69, 9.17) is 16.0 Å². The first-order valence-corrected chi connectivity index (χ1v) is 12.7. The van der Waals surface area contributed by atoms with E-state index in [2.05, 4.69) is 15.5 Å². The molecular weight excluding hydrogens is 472 g/mol. The lowest BCUT2D eigenvalue weighted by Crippen LogP contribution is -2.30. The minimum atomic E-state index is -3.60. The number of hydrogen-bond acceptors (Lipinski definition) is 7. The van der Waals surface area contributed by atoms with Gasteiger partial charge in [-0.2, -0.15) is 4.31 Å². The van der Waals surface area contributed by atoms with Crippen molar-refractivity contribution in [2.75, 3.05) is 18.8 Å². The van der Waals surface area contributed by atoms with Crippen LogP contribution in [0.15, 0.2) is 63.1 Å². The van der Waals surface area contributed by atoms with Gasteiger partial charge in [0.15, 0.2) is 0 Å². The maximum atomic E-state index is 12.7. The van der Waals surface area contributed by atoms with Crippen LogP contribution in [0.3, 0.4) is 0 Å². The molecule has 1 aromatic heterocycles. The summed E-state index contributed by atoms with van der Waals surface area (Å²) in [6, 6.07) is 13.6. The SMILES string of the molecule is CCN(CC)S(=O)(=O)c1cccc(-c2nnc(SCC(=O)NCc3ccccc3Cl)o2)c1. The summed E-state index contributed by atoms with van der Waals surface area (Å²) >= 11 is 7.18. The second-order valence-electron chi connectivity index (χ2n) is 6.65. The highest BCUT2D eigenvalue weighted by Gasteiger charge is 2.22. The molecule has 32 heavy (non-hydrogen) atoms. The van der Waals surface area contributed by atoms with E-state index in [0.717, 1.165) is 17.3 Å². The Morgan fingerprint density at radius 3 is 2.59 bits per heavy atom. The fourth-order valence-electron chi connectivity index (χ4n) is 2.90. The molecule has 3 rings (SSSR count). The zero-order valence-electron chi connectivity index (χ0n) is 17.6. The first-order chi connectivity index (χ1) is 15.3. The van der Waals surface area contributed by atoms with Crippen LogP contribution in [0.1, 0.15) is 19.4 Å². The lowest BCUT2D eigenvalue weighted by Gasteiger charge is -2.18. The van der Waals surface area contributed by atoms with Crippen molar-refractivity contribution in [1.29, 1.82) is 0 Å². The Kier molecular flexibility index (Phi) is 8.30. The summed E-state index contributed by atoms with van der Waals surface area (Å²) < 4.78 is 32.5. The van der Waals surface area contributed by atoms with E-state index in [1.165, 1.54) is 16.4 Å². The second-order valence-corrected chi connectivity index (χ2v) is 9.92. The fraction of sp³-hybridized carbons (Fsp3) is 0.286. The van der Waals surface area contributed by atoms with Crippen LogP contribution in [-0.4, -0.2) is 47.7 Å². The number of carbonyl (C=O) groups excluding carboxylic acids is 1. The molecule has 0 unspecified atom stereocenters. The van der Waals surface area contributed by atoms with E-state index in [0.29, 0.717) is 30.2 Å². The Hall–Kier alpha value is -2.40. The standard InChI is InChI=1S/C21H23ClN4O4S2/c1-3-26(4-2)32(28,29)17-10-7-9-15(12-17)20-24-25-21(30-20)31-14-19(27)23-13-16-8-5-6-11-18(16)22/h5-12H,3-4,13-14H2,1-2H3,(H,23,27). The highest BCUT2D eigenvalue weighted by atomic mass is 35.5. The minimum absolute atomic E-state index is 0.0858. The van der Waals surface area contributed by atoms with Crippen LogP contribution in [-0.2, 0) is 21.4 Å². The summed E-state index contributed by atoms with van der Waals surface area (Å²) in [5.74, 6) is 0.0604. The predicted molar refractivity (Wildman–Crippen MR) is 124 cm³/mol. The van der Waals surface area contributed by atoms with Crippen molar-refractivity contribution in [3.05, 3.63) is 59.1 Å². The van der Waals surface area contributed by atoms with E-state index in [1.807, 2.05) is 18.2 Å². The molecule has 0 atom stereocenters. The van der Waals surface area contributed by atoms with E-state index in [1.54, 1.807) is 32.0 Å². The Labute approximate surface area is 196 Å². The maximum Gasteiger partial charge on any atom is 0.277 e. The van der Waals surface area contributed by atoms with Crippen molar-refractivity contribution in [1.82, 2.24) is 19.8 Å². The highest BCUT2D eigenvalue weighted by Crippen LogP contribution is 2.26. The molecule has 0 radical (unpaired) electrons. The number of amides is 1. The van der Waals surface area contributed by atoms with Gasteiger partial charge < -0.3 is 9.73 Å². The van der Waals surface area contributed by atoms with Gasteiger partial charge in [-0.25, -0.2) is 8.42 Å². The lowest BCUT2D eigenvalue weighted by molar-refractivity contribution is -0.118. The van der Waals surface area contributed by atoms with E-state index >= 15 is 0 Å². The number of benzene rings is 2. The Morgan fingerprint density at radius 2 is 1.88 bits per heavy atom. The molecule has 0 spiro atoms. The number of halogens is 1. The van der Waals surface area contributed by atoms with Crippen molar-refractivity contribution >= 4 is 39.3 Å². The van der Waals surface area contributed by atoms with Crippen LogP contribution >= 0.6 is 23.4 Å². The van der Waals surface area contributed by atoms with E-state index in [9.17, 15) is 13.2 Å². The first kappa shape index (κ1) is 24.2. The molecule has 3 aromatic rings. The maximum absolute atomic E-state index is 12.7. The predicted octanol–water partition coefficient (Wildman–Crippen LogP) is 3.83. The van der Waals surface area contributed by atoms with Crippen molar-refractivity contribution in [2.24, 2.45) is 0 Å². The summed E-state index contributed by atoms with van der Waals surface area (Å²) in [5.41, 5.74) is 1.31. The molecule has 170 valence electrons. The number of sulfonamides is 1. The third kappa shape index (κ3) is 5.89. The van der Waals surface area contributed by atoms with Gasteiger partial charge in [0.25, 0.3) is 5.22 Å². The summed E-state index contributed by atoms with van der Waals surface area (Å²) in [5, 5.41) is 11.5. The largest absolute Gasteiger partial charge is 0.411 e. The van der Waals surface area contributed by atoms with Gasteiger partial charge in [-0.05, 0) is 29.8 Å². The smallest absolute Gasteiger partial charge is 0.277 e. The molecule has 1 amide bonds. The van der Waals surface area contributed by atoms with Crippen LogP contribution in [0.5, 0.6) is 0 Å². The van der Waals surface area contributed by atoms with Crippen molar-refractivity contribution in [3.8, 4) is 11.5 Å². The molecule has 0 aliphatic rings. The monoisotopic (exact) mass is 494 g/mol. The molecule has 0 aliphatic carbocycles. The summed E-state index contributed by atoms with van der Waals surface area (Å²) in [7, 11) is -3.60. The second kappa shape index (κ2) is 11.0. The Balaban J connectivity index is 1.62. The number of nitrogens with zero attached hydrogens (tertiary/aromatic N) is 3. The van der Waals surface area contributed by atoms with Gasteiger partial charge in [0, 0.05) is 30.2 Å². The normalized spacial score (nSPS) is 11.6. The zero-order chi connectivity index (χ0) is 23.1. The van der Waals surface area contributed by atoms with Gasteiger partial charge in [-0.15, -0.1) is 10.2 Å². The van der Waals surface area contributed by atoms with Crippen LogP contribution in [0.2, 0.25) is 5.02 Å². The van der Waals surface area contributed by atoms with Crippen LogP contribution in [0, 0.1) is 0 Å². The number of nitrogens with one attached hydrogen (secondary N) is 1. The van der Waals surface area contributed by atoms with Gasteiger partial charge in [-0.1, -0.05) is 61.5 Å². The van der Waals surface area contributed by atoms with Gasteiger partial charge in [0.1, 0.15) is 0 Å². The van der Waals surface area contributed by atoms with E-state index in [-0.39, 0.29) is 27.7 Å². The van der Waals surface area contributed by atoms with Gasteiger partial charge in [0.2, 0.25) is 21.8 Å². The average molecular weight is 495 g/mol. The summed E-state index contributed by atoms with van der Waals surface area (Å²) in [6.45, 7) is 4.65. The molecule has 0 bridgehead atoms. The van der Waals surface area contributed by atoms with Gasteiger partial charge >= 0.3 is 0 Å². The quantitative estimate of drug-likeness (QED) is 0.427. The third-order valence-electron chi connectivity index (χ3n) is 4.59. The number of thioether (sulfide) groups is 1. The number of carbonyl (C=O) groups is 1. The molecule has 0 aliphatic heterocycles. The topological polar surface area (TPSA) is 105 Å². The van der Waals surface area contributed by atoms with Gasteiger partial charge in [-0.3, -0.25) is 4.79 Å². The number of hydrogen-bond donors (Lipinski definition) is 1. The number of rotatable bonds is 10. The Bertz CT molecular complexity index is 1180. The van der Waals surface area contributed by atoms with Crippen molar-refractivity contribution < 1.29 is 17.6 Å². The molecule has 0 fully saturated rings. The number of aromatic nitrogens is 2. The van der Waals surface area contributed by atoms with E-state index < -0.39 is 10.0 Å². The molecule has 0 saturated carbocycles. The summed E-state index contributed by atoms with van der Waals surface area (Å²) in [6.07, 6.45) is 0. The minimum Gasteiger partial charge on any atom is -0.411 e. The van der Waals surface area contributed by atoms with Crippen LogP contribution < -0.4 is 5.32 Å². The fourth-order valence-corrected chi connectivity index (χ4v) is 5.20. The summed E-state index contributed by atoms with van der Waals surface area (Å²) in [4.78, 5) is 12.3. The molecule has 1 heterocycles. The molecule has 1 N–H and O–H groups in total. The highest BCUT2D eigenvalue weighted by molar-refractivity contribution is 7.99. The molecule has 8 nitrogen and oxygen atoms in total. The lowest BCUT2D eigenvalue weighted by atomic mass is 10.2. The van der Waals surface area contributed by atoms with Crippen molar-refractivity contribution in [3.63, 3.8) is 0 Å². The van der Waals surface area contributed by atoms with Crippen molar-refractivity contribution in [2.45, 2.75) is 30.5 Å². The van der Waals surface area contributed by atoms with Crippen LogP contribution in [0.4, 0.5) is 0 Å². The zero-order valence-corrected chi connectivity index (χ0v) is 20.0. The molecular formula is C21H23ClN4O4S2. The molecule has 0 saturated heterocycles. The average Bonchev–Trinajstić information content (AvgIpc) is 3.27. The van der Waals surface area contributed by atoms with Crippen LogP contribution in [0.25, 0.3) is 11.5 Å². The van der Waals surface area contributed by atoms with Gasteiger partial charge in [0.05, 0.1) is 10.6 Å². The molecule has 2 aromatic carbocycles. The molecule has 11 heteroatoms. The Morgan fingerprint density at radius 1 is 1.12 bits per heavy atom. The third-order valence-corrected chi connectivity index (χ3v) is 7.82. The first-order valence-electron chi connectivity index (χ1n) is 9.92.